The van der Waals surface area contributed by atoms with Gasteiger partial charge in [-0.2, -0.15) is 13.2 Å². The molecule has 2 heterocycles. The standard InChI is InChI=1S/C30H35ClF5N5O5/c1-29(2,3)46-28(44)41-14-15-45-23(17-41)27(43)38-21-7-5-19(24(32)25(21)33)26(42)37-20-6-4-18(31)16-22(20)40-12-10-39(11-13-40)9-8-30(34,35)36/h4-7,16,23H,8-15,17H2,1-3H3,(H,37,42)(H,38,43)/t23-/m1/s1. The van der Waals surface area contributed by atoms with Gasteiger partial charge in [0.05, 0.1) is 42.2 Å². The highest BCUT2D eigenvalue weighted by Gasteiger charge is 2.33. The average Bonchev–Trinajstić information content (AvgIpc) is 2.98. The minimum atomic E-state index is -4.25. The number of nitrogens with one attached hydrogen (secondary N) is 2. The summed E-state index contributed by atoms with van der Waals surface area (Å²) in [7, 11) is 0. The van der Waals surface area contributed by atoms with E-state index < -0.39 is 65.1 Å². The number of amides is 3. The molecule has 0 spiro atoms. The maximum absolute atomic E-state index is 15.1. The van der Waals surface area contributed by atoms with Crippen molar-refractivity contribution in [2.24, 2.45) is 0 Å². The van der Waals surface area contributed by atoms with Gasteiger partial charge < -0.3 is 29.9 Å². The Bertz CT molecular complexity index is 1450. The molecule has 2 aliphatic rings. The van der Waals surface area contributed by atoms with E-state index in [1.807, 2.05) is 4.90 Å². The van der Waals surface area contributed by atoms with E-state index in [0.717, 1.165) is 12.1 Å². The van der Waals surface area contributed by atoms with Crippen molar-refractivity contribution in [1.82, 2.24) is 9.80 Å². The van der Waals surface area contributed by atoms with Gasteiger partial charge in [0.15, 0.2) is 17.7 Å². The Kier molecular flexibility index (Phi) is 11.0. The van der Waals surface area contributed by atoms with Crippen molar-refractivity contribution in [3.05, 3.63) is 52.6 Å². The number of halogens is 6. The fourth-order valence-electron chi connectivity index (χ4n) is 4.89. The molecule has 10 nitrogen and oxygen atoms in total. The zero-order chi connectivity index (χ0) is 33.8. The van der Waals surface area contributed by atoms with Crippen molar-refractivity contribution in [2.45, 2.75) is 45.1 Å². The summed E-state index contributed by atoms with van der Waals surface area (Å²) in [5.41, 5.74) is -1.23. The van der Waals surface area contributed by atoms with E-state index in [-0.39, 0.29) is 31.9 Å². The Hall–Kier alpha value is -3.69. The highest BCUT2D eigenvalue weighted by Crippen LogP contribution is 2.32. The van der Waals surface area contributed by atoms with Gasteiger partial charge in [-0.3, -0.25) is 14.5 Å². The van der Waals surface area contributed by atoms with Gasteiger partial charge >= 0.3 is 12.3 Å². The molecule has 0 radical (unpaired) electrons. The zero-order valence-corrected chi connectivity index (χ0v) is 26.2. The lowest BCUT2D eigenvalue weighted by Gasteiger charge is -2.37. The number of rotatable bonds is 7. The number of piperazine rings is 1. The molecule has 0 unspecified atom stereocenters. The van der Waals surface area contributed by atoms with Gasteiger partial charge in [0.2, 0.25) is 0 Å². The van der Waals surface area contributed by atoms with Crippen molar-refractivity contribution in [2.75, 3.05) is 68.0 Å². The zero-order valence-electron chi connectivity index (χ0n) is 25.5. The number of anilines is 3. The number of carbonyl (C=O) groups excluding carboxylic acids is 3. The summed E-state index contributed by atoms with van der Waals surface area (Å²) in [5.74, 6) is -4.80. The second kappa shape index (κ2) is 14.4. The number of nitrogens with zero attached hydrogens (tertiary/aromatic N) is 3. The van der Waals surface area contributed by atoms with Gasteiger partial charge in [0.1, 0.15) is 5.60 Å². The normalized spacial score (nSPS) is 17.9. The molecule has 46 heavy (non-hydrogen) atoms. The van der Waals surface area contributed by atoms with E-state index in [9.17, 15) is 27.6 Å². The molecule has 0 bridgehead atoms. The highest BCUT2D eigenvalue weighted by molar-refractivity contribution is 6.31. The van der Waals surface area contributed by atoms with Gasteiger partial charge in [-0.15, -0.1) is 0 Å². The molecular weight excluding hydrogens is 641 g/mol. The van der Waals surface area contributed by atoms with Crippen LogP contribution in [0.25, 0.3) is 0 Å². The number of alkyl halides is 3. The lowest BCUT2D eigenvalue weighted by Crippen LogP contribution is -2.51. The molecule has 2 saturated heterocycles. The maximum Gasteiger partial charge on any atom is 0.410 e. The van der Waals surface area contributed by atoms with E-state index >= 15 is 8.78 Å². The monoisotopic (exact) mass is 675 g/mol. The van der Waals surface area contributed by atoms with Gasteiger partial charge in [-0.05, 0) is 51.1 Å². The summed E-state index contributed by atoms with van der Waals surface area (Å²) in [5, 5.41) is 5.13. The topological polar surface area (TPSA) is 103 Å². The smallest absolute Gasteiger partial charge is 0.410 e. The van der Waals surface area contributed by atoms with Crippen LogP contribution in [-0.4, -0.2) is 98.0 Å². The van der Waals surface area contributed by atoms with E-state index in [0.29, 0.717) is 36.9 Å². The van der Waals surface area contributed by atoms with Gasteiger partial charge in [-0.1, -0.05) is 11.6 Å². The average molecular weight is 676 g/mol. The Morgan fingerprint density at radius 1 is 0.957 bits per heavy atom. The summed E-state index contributed by atoms with van der Waals surface area (Å²) in [6.45, 7) is 6.36. The lowest BCUT2D eigenvalue weighted by atomic mass is 10.1. The number of morpholine rings is 1. The molecule has 0 saturated carbocycles. The molecular formula is C30H35ClF5N5O5. The molecule has 2 aromatic rings. The van der Waals surface area contributed by atoms with Crippen molar-refractivity contribution < 1.29 is 45.8 Å². The first-order valence-electron chi connectivity index (χ1n) is 14.5. The molecule has 2 fully saturated rings. The van der Waals surface area contributed by atoms with Crippen LogP contribution in [0.2, 0.25) is 5.02 Å². The summed E-state index contributed by atoms with van der Waals surface area (Å²) >= 11 is 6.17. The van der Waals surface area contributed by atoms with E-state index in [1.54, 1.807) is 31.7 Å². The predicted octanol–water partition coefficient (Wildman–Crippen LogP) is 5.52. The quantitative estimate of drug-likeness (QED) is 0.373. The molecule has 4 rings (SSSR count). The first-order chi connectivity index (χ1) is 21.5. The molecule has 252 valence electrons. The van der Waals surface area contributed by atoms with Gasteiger partial charge in [0.25, 0.3) is 11.8 Å². The predicted molar refractivity (Wildman–Crippen MR) is 161 cm³/mol. The molecule has 3 amide bonds. The molecule has 0 aromatic heterocycles. The van der Waals surface area contributed by atoms with Crippen LogP contribution in [0.15, 0.2) is 30.3 Å². The van der Waals surface area contributed by atoms with Crippen LogP contribution in [-0.2, 0) is 14.3 Å². The minimum absolute atomic E-state index is 0.0215. The van der Waals surface area contributed by atoms with E-state index in [2.05, 4.69) is 10.6 Å². The molecule has 2 aromatic carbocycles. The first kappa shape index (κ1) is 35.2. The van der Waals surface area contributed by atoms with Crippen molar-refractivity contribution in [3.63, 3.8) is 0 Å². The number of carbonyl (C=O) groups is 3. The Balaban J connectivity index is 1.41. The Labute approximate surface area is 267 Å². The third-order valence-corrected chi connectivity index (χ3v) is 7.46. The number of hydrogen-bond donors (Lipinski definition) is 2. The van der Waals surface area contributed by atoms with Crippen LogP contribution in [0.5, 0.6) is 0 Å². The first-order valence-corrected chi connectivity index (χ1v) is 14.9. The van der Waals surface area contributed by atoms with Gasteiger partial charge in [-0.25, -0.2) is 13.6 Å². The fourth-order valence-corrected chi connectivity index (χ4v) is 5.06. The van der Waals surface area contributed by atoms with Crippen molar-refractivity contribution in [1.29, 1.82) is 0 Å². The lowest BCUT2D eigenvalue weighted by molar-refractivity contribution is -0.138. The van der Waals surface area contributed by atoms with Crippen LogP contribution in [0.4, 0.5) is 43.8 Å². The van der Waals surface area contributed by atoms with Crippen LogP contribution in [0.1, 0.15) is 37.6 Å². The van der Waals surface area contributed by atoms with Crippen LogP contribution in [0, 0.1) is 11.6 Å². The summed E-state index contributed by atoms with van der Waals surface area (Å²) in [6.07, 6.45) is -7.00. The molecule has 16 heteroatoms. The third-order valence-electron chi connectivity index (χ3n) is 7.23. The number of hydrogen-bond acceptors (Lipinski definition) is 7. The van der Waals surface area contributed by atoms with Crippen LogP contribution >= 0.6 is 11.6 Å². The maximum atomic E-state index is 15.1. The van der Waals surface area contributed by atoms with Crippen molar-refractivity contribution >= 4 is 46.6 Å². The minimum Gasteiger partial charge on any atom is -0.444 e. The summed E-state index contributed by atoms with van der Waals surface area (Å²) in [4.78, 5) is 43.1. The SMILES string of the molecule is CC(C)(C)OC(=O)N1CCO[C@@H](C(=O)Nc2ccc(C(=O)Nc3ccc(Cl)cc3N3CCN(CCC(F)(F)F)CC3)c(F)c2F)C1. The second-order valence-corrected chi connectivity index (χ2v) is 12.3. The second-order valence-electron chi connectivity index (χ2n) is 11.9. The van der Waals surface area contributed by atoms with Crippen LogP contribution < -0.4 is 15.5 Å². The third kappa shape index (κ3) is 9.42. The van der Waals surface area contributed by atoms with Crippen molar-refractivity contribution in [3.8, 4) is 0 Å². The number of benzene rings is 2. The number of ether oxygens (including phenoxy) is 2. The highest BCUT2D eigenvalue weighted by atomic mass is 35.5. The van der Waals surface area contributed by atoms with Gasteiger partial charge in [0, 0.05) is 44.3 Å². The Morgan fingerprint density at radius 3 is 2.28 bits per heavy atom. The van der Waals surface area contributed by atoms with E-state index in [1.165, 1.54) is 17.0 Å². The largest absolute Gasteiger partial charge is 0.444 e. The molecule has 0 aliphatic carbocycles. The molecule has 2 aliphatic heterocycles. The summed E-state index contributed by atoms with van der Waals surface area (Å²) in [6, 6.07) is 6.58. The molecule has 1 atom stereocenters. The van der Waals surface area contributed by atoms with E-state index in [4.69, 9.17) is 21.1 Å². The molecule has 2 N–H and O–H groups in total. The fraction of sp³-hybridized carbons (Fsp3) is 0.500. The van der Waals surface area contributed by atoms with Crippen LogP contribution in [0.3, 0.4) is 0 Å². The Morgan fingerprint density at radius 2 is 1.63 bits per heavy atom. The summed E-state index contributed by atoms with van der Waals surface area (Å²) < 4.78 is 78.8.